The Balaban J connectivity index is 4.03. The normalized spacial score (nSPS) is 15.6. The van der Waals surface area contributed by atoms with E-state index in [0.717, 1.165) is 11.8 Å². The summed E-state index contributed by atoms with van der Waals surface area (Å²) in [6, 6.07) is 0. The molecule has 0 radical (unpaired) electrons. The van der Waals surface area contributed by atoms with E-state index in [1.165, 1.54) is 36.8 Å². The third-order valence-corrected chi connectivity index (χ3v) is 3.67. The van der Waals surface area contributed by atoms with E-state index in [1.54, 1.807) is 0 Å². The highest BCUT2D eigenvalue weighted by molar-refractivity contribution is 6.18. The van der Waals surface area contributed by atoms with Gasteiger partial charge in [-0.15, -0.1) is 11.6 Å². The molecule has 120 valence electrons. The fourth-order valence-corrected chi connectivity index (χ4v) is 2.32. The van der Waals surface area contributed by atoms with Crippen LogP contribution in [0.4, 0.5) is 0 Å². The monoisotopic (exact) mass is 308 g/mol. The molecule has 1 atom stereocenters. The number of rotatable bonds is 10. The van der Waals surface area contributed by atoms with Crippen molar-refractivity contribution in [3.63, 3.8) is 0 Å². The Morgan fingerprint density at radius 1 is 1.00 bits per heavy atom. The second kappa shape index (κ2) is 13.0. The summed E-state index contributed by atoms with van der Waals surface area (Å²) in [6.07, 6.45) is 18.1. The molecule has 21 heavy (non-hydrogen) atoms. The number of alkyl halides is 1. The lowest BCUT2D eigenvalue weighted by atomic mass is 9.97. The fraction of sp³-hybridized carbons (Fsp3) is 0.600. The summed E-state index contributed by atoms with van der Waals surface area (Å²) in [7, 11) is 0. The van der Waals surface area contributed by atoms with Crippen molar-refractivity contribution in [3.05, 3.63) is 47.6 Å². The smallest absolute Gasteiger partial charge is 0.0409 e. The minimum atomic E-state index is 0.577. The lowest BCUT2D eigenvalue weighted by molar-refractivity contribution is 0.461. The summed E-state index contributed by atoms with van der Waals surface area (Å²) in [5.41, 5.74) is 2.50. The second-order valence-corrected chi connectivity index (χ2v) is 6.75. The van der Waals surface area contributed by atoms with Gasteiger partial charge in [-0.3, -0.25) is 0 Å². The average molecular weight is 309 g/mol. The second-order valence-electron chi connectivity index (χ2n) is 6.44. The van der Waals surface area contributed by atoms with Gasteiger partial charge in [0.25, 0.3) is 0 Å². The van der Waals surface area contributed by atoms with Gasteiger partial charge >= 0.3 is 0 Å². The van der Waals surface area contributed by atoms with Crippen molar-refractivity contribution >= 4 is 11.6 Å². The quantitative estimate of drug-likeness (QED) is 0.299. The molecule has 0 saturated carbocycles. The predicted octanol–water partition coefficient (Wildman–Crippen LogP) is 7.08. The lowest BCUT2D eigenvalue weighted by Crippen LogP contribution is -1.95. The summed E-state index contributed by atoms with van der Waals surface area (Å²) >= 11 is 5.65. The van der Waals surface area contributed by atoms with Crippen molar-refractivity contribution in [3.8, 4) is 0 Å². The molecule has 0 spiro atoms. The molecule has 0 aromatic heterocycles. The summed E-state index contributed by atoms with van der Waals surface area (Å²) in [5, 5.41) is 0. The van der Waals surface area contributed by atoms with Gasteiger partial charge in [-0.1, -0.05) is 87.6 Å². The van der Waals surface area contributed by atoms with Crippen molar-refractivity contribution < 1.29 is 0 Å². The Labute approximate surface area is 137 Å². The van der Waals surface area contributed by atoms with Gasteiger partial charge in [-0.05, 0) is 32.1 Å². The van der Waals surface area contributed by atoms with E-state index in [9.17, 15) is 0 Å². The molecule has 0 aromatic rings. The fourth-order valence-electron chi connectivity index (χ4n) is 2.08. The molecule has 0 aliphatic carbocycles. The van der Waals surface area contributed by atoms with E-state index in [0.29, 0.717) is 5.88 Å². The zero-order valence-corrected chi connectivity index (χ0v) is 15.3. The van der Waals surface area contributed by atoms with Crippen LogP contribution in [0.1, 0.15) is 60.3 Å². The molecular formula is C20H33Cl. The molecule has 0 saturated heterocycles. The zero-order chi connectivity index (χ0) is 16.1. The first-order chi connectivity index (χ1) is 9.95. The van der Waals surface area contributed by atoms with Crippen LogP contribution in [0, 0.1) is 11.8 Å². The van der Waals surface area contributed by atoms with Gasteiger partial charge in [0.15, 0.2) is 0 Å². The molecule has 0 nitrogen and oxygen atoms in total. The van der Waals surface area contributed by atoms with E-state index in [4.69, 9.17) is 11.6 Å². The van der Waals surface area contributed by atoms with Gasteiger partial charge in [-0.2, -0.15) is 0 Å². The first-order valence-electron chi connectivity index (χ1n) is 8.20. The van der Waals surface area contributed by atoms with Crippen LogP contribution >= 0.6 is 11.6 Å². The Morgan fingerprint density at radius 3 is 2.33 bits per heavy atom. The molecular weight excluding hydrogens is 276 g/mol. The van der Waals surface area contributed by atoms with Crippen LogP contribution in [0.15, 0.2) is 47.6 Å². The first-order valence-corrected chi connectivity index (χ1v) is 8.73. The van der Waals surface area contributed by atoms with Gasteiger partial charge in [0.1, 0.15) is 0 Å². The minimum absolute atomic E-state index is 0.577. The topological polar surface area (TPSA) is 0 Å². The molecule has 0 aliphatic heterocycles. The van der Waals surface area contributed by atoms with Crippen molar-refractivity contribution in [1.29, 1.82) is 0 Å². The van der Waals surface area contributed by atoms with Crippen LogP contribution in [-0.4, -0.2) is 5.88 Å². The molecule has 0 N–H and O–H groups in total. The molecule has 0 amide bonds. The minimum Gasteiger partial charge on any atom is -0.122 e. The van der Waals surface area contributed by atoms with Gasteiger partial charge in [0.05, 0.1) is 0 Å². The Kier molecular flexibility index (Phi) is 12.5. The molecule has 0 aromatic carbocycles. The molecule has 1 heteroatoms. The Morgan fingerprint density at radius 2 is 1.71 bits per heavy atom. The third kappa shape index (κ3) is 14.0. The third-order valence-electron chi connectivity index (χ3n) is 3.51. The number of allylic oxidation sites excluding steroid dienone is 8. The Hall–Kier alpha value is -0.750. The van der Waals surface area contributed by atoms with Crippen LogP contribution in [0.25, 0.3) is 0 Å². The van der Waals surface area contributed by atoms with E-state index >= 15 is 0 Å². The van der Waals surface area contributed by atoms with Gasteiger partial charge in [-0.25, -0.2) is 0 Å². The van der Waals surface area contributed by atoms with Gasteiger partial charge in [0, 0.05) is 5.88 Å². The van der Waals surface area contributed by atoms with E-state index < -0.39 is 0 Å². The zero-order valence-electron chi connectivity index (χ0n) is 14.5. The molecule has 0 rings (SSSR count). The van der Waals surface area contributed by atoms with Crippen LogP contribution in [-0.2, 0) is 0 Å². The van der Waals surface area contributed by atoms with Gasteiger partial charge in [0.2, 0.25) is 0 Å². The van der Waals surface area contributed by atoms with Crippen LogP contribution in [0.5, 0.6) is 0 Å². The van der Waals surface area contributed by atoms with E-state index in [-0.39, 0.29) is 0 Å². The summed E-state index contributed by atoms with van der Waals surface area (Å²) in [6.45, 7) is 11.2. The van der Waals surface area contributed by atoms with E-state index in [2.05, 4.69) is 65.0 Å². The van der Waals surface area contributed by atoms with Crippen molar-refractivity contribution in [2.45, 2.75) is 60.3 Å². The molecule has 0 aliphatic rings. The lowest BCUT2D eigenvalue weighted by Gasteiger charge is -2.09. The summed E-state index contributed by atoms with van der Waals surface area (Å²) < 4.78 is 0. The maximum Gasteiger partial charge on any atom is 0.0409 e. The maximum atomic E-state index is 5.65. The standard InChI is InChI=1S/C20H33Cl/c1-17(2)9-6-10-18(3)11-7-12-19(4)13-8-14-20(5)15-16-21/h7-8,12-15,17-18H,6,9-11,16H2,1-5H3/b12-7?,14-8?,19-13?,20-15+. The summed E-state index contributed by atoms with van der Waals surface area (Å²) in [4.78, 5) is 0. The molecule has 0 fully saturated rings. The highest BCUT2D eigenvalue weighted by atomic mass is 35.5. The molecule has 0 heterocycles. The van der Waals surface area contributed by atoms with Crippen molar-refractivity contribution in [1.82, 2.24) is 0 Å². The van der Waals surface area contributed by atoms with Gasteiger partial charge < -0.3 is 0 Å². The van der Waals surface area contributed by atoms with Crippen molar-refractivity contribution in [2.75, 3.05) is 5.88 Å². The number of hydrogen-bond acceptors (Lipinski definition) is 0. The Bertz CT molecular complexity index is 369. The maximum absolute atomic E-state index is 5.65. The van der Waals surface area contributed by atoms with Crippen molar-refractivity contribution in [2.24, 2.45) is 11.8 Å². The first kappa shape index (κ1) is 20.2. The summed E-state index contributed by atoms with van der Waals surface area (Å²) in [5.74, 6) is 2.20. The van der Waals surface area contributed by atoms with Crippen LogP contribution in [0.2, 0.25) is 0 Å². The number of hydrogen-bond donors (Lipinski definition) is 0. The molecule has 0 bridgehead atoms. The molecule has 1 unspecified atom stereocenters. The predicted molar refractivity (Wildman–Crippen MR) is 99.0 cm³/mol. The SMILES string of the molecule is CC(C=CCC(C)CCCC(C)C)=CC=C/C(C)=C/CCl. The highest BCUT2D eigenvalue weighted by Gasteiger charge is 2.00. The largest absolute Gasteiger partial charge is 0.122 e. The average Bonchev–Trinajstić information content (AvgIpc) is 2.38. The van der Waals surface area contributed by atoms with Crippen LogP contribution in [0.3, 0.4) is 0 Å². The van der Waals surface area contributed by atoms with E-state index in [1.807, 2.05) is 6.08 Å². The highest BCUT2D eigenvalue weighted by Crippen LogP contribution is 2.15. The number of halogens is 1. The van der Waals surface area contributed by atoms with Crippen LogP contribution < -0.4 is 0 Å².